The Bertz CT molecular complexity index is 1990. The maximum absolute atomic E-state index is 14.6. The Balaban J connectivity index is 1.41. The summed E-state index contributed by atoms with van der Waals surface area (Å²) in [6, 6.07) is 16.6. The van der Waals surface area contributed by atoms with Crippen LogP contribution in [0.4, 0.5) is 5.69 Å². The summed E-state index contributed by atoms with van der Waals surface area (Å²) in [5.41, 5.74) is -2.73. The number of esters is 1. The van der Waals surface area contributed by atoms with E-state index in [2.05, 4.69) is 15.5 Å². The maximum atomic E-state index is 14.6. The van der Waals surface area contributed by atoms with Gasteiger partial charge < -0.3 is 74.2 Å². The minimum absolute atomic E-state index is 0.106. The van der Waals surface area contributed by atoms with Gasteiger partial charge in [0.1, 0.15) is 42.4 Å². The van der Waals surface area contributed by atoms with Crippen molar-refractivity contribution in [1.29, 1.82) is 0 Å². The van der Waals surface area contributed by atoms with Crippen LogP contribution in [-0.2, 0) is 39.8 Å². The number of ether oxygens (including phenoxy) is 7. The molecule has 0 spiro atoms. The summed E-state index contributed by atoms with van der Waals surface area (Å²) < 4.78 is 44.1. The number of carbonyl (C=O) groups excluding carboxylic acids is 1. The number of cyclic esters (lactones) is 1. The van der Waals surface area contributed by atoms with Crippen molar-refractivity contribution in [2.24, 2.45) is 17.8 Å². The zero-order valence-electron chi connectivity index (χ0n) is 45.0. The number of anilines is 1. The van der Waals surface area contributed by atoms with Gasteiger partial charge in [-0.05, 0) is 136 Å². The predicted octanol–water partition coefficient (Wildman–Crippen LogP) is 5.23. The van der Waals surface area contributed by atoms with E-state index in [-0.39, 0.29) is 37.3 Å². The Labute approximate surface area is 434 Å². The number of carbonyl (C=O) groups is 1. The Hall–Kier alpha value is -3.08. The fraction of sp³-hybridized carbons (Fsp3) is 0.741. The number of hydrogen-bond acceptors (Lipinski definition) is 16. The van der Waals surface area contributed by atoms with Crippen LogP contribution in [0.1, 0.15) is 107 Å². The topological polar surface area (TPSA) is 213 Å². The first kappa shape index (κ1) is 59.8. The molecule has 3 aliphatic heterocycles. The van der Waals surface area contributed by atoms with Gasteiger partial charge in [0, 0.05) is 56.9 Å². The fourth-order valence-electron chi connectivity index (χ4n) is 10.9. The second-order valence-corrected chi connectivity index (χ2v) is 22.2. The van der Waals surface area contributed by atoms with Crippen LogP contribution in [0, 0.1) is 17.8 Å². The normalized spacial score (nSPS) is 38.8. The smallest absolute Gasteiger partial charge is 0.311 e. The molecule has 72 heavy (non-hydrogen) atoms. The van der Waals surface area contributed by atoms with E-state index in [0.717, 1.165) is 17.0 Å². The van der Waals surface area contributed by atoms with Gasteiger partial charge in [-0.1, -0.05) is 51.1 Å². The van der Waals surface area contributed by atoms with E-state index in [1.54, 1.807) is 34.6 Å². The first-order chi connectivity index (χ1) is 33.8. The Morgan fingerprint density at radius 1 is 0.917 bits per heavy atom. The number of hydrogen-bond donors (Lipinski definition) is 7. The van der Waals surface area contributed by atoms with Crippen LogP contribution in [-0.4, -0.2) is 178 Å². The van der Waals surface area contributed by atoms with Gasteiger partial charge in [0.05, 0.1) is 41.5 Å². The van der Waals surface area contributed by atoms with E-state index < -0.39 is 96.0 Å². The summed E-state index contributed by atoms with van der Waals surface area (Å²) >= 11 is 5.66. The molecule has 0 saturated carbocycles. The second-order valence-electron chi connectivity index (χ2n) is 21.8. The third-order valence-corrected chi connectivity index (χ3v) is 15.5. The van der Waals surface area contributed by atoms with Crippen molar-refractivity contribution in [3.63, 3.8) is 0 Å². The Morgan fingerprint density at radius 2 is 1.58 bits per heavy atom. The molecule has 5 rings (SSSR count). The molecule has 18 heteroatoms. The van der Waals surface area contributed by atoms with Crippen molar-refractivity contribution in [3.8, 4) is 5.75 Å². The van der Waals surface area contributed by atoms with Crippen LogP contribution in [0.25, 0.3) is 0 Å². The monoisotopic (exact) mass is 1030 g/mol. The average molecular weight is 1030 g/mol. The van der Waals surface area contributed by atoms with Crippen LogP contribution >= 0.6 is 12.2 Å². The van der Waals surface area contributed by atoms with Crippen LogP contribution in [0.2, 0.25) is 0 Å². The highest BCUT2D eigenvalue weighted by Crippen LogP contribution is 2.40. The van der Waals surface area contributed by atoms with Crippen LogP contribution in [0.3, 0.4) is 0 Å². The van der Waals surface area contributed by atoms with E-state index in [4.69, 9.17) is 45.4 Å². The molecule has 0 aromatic heterocycles. The summed E-state index contributed by atoms with van der Waals surface area (Å²) in [7, 11) is 5.28. The lowest BCUT2D eigenvalue weighted by Gasteiger charge is -2.48. The van der Waals surface area contributed by atoms with E-state index in [1.165, 1.54) is 14.0 Å². The zero-order valence-corrected chi connectivity index (χ0v) is 45.8. The van der Waals surface area contributed by atoms with Crippen LogP contribution < -0.4 is 15.4 Å². The molecule has 3 fully saturated rings. The lowest BCUT2D eigenvalue weighted by Crippen LogP contribution is -2.60. The minimum atomic E-state index is -1.90. The van der Waals surface area contributed by atoms with Gasteiger partial charge >= 0.3 is 5.97 Å². The molecule has 3 saturated heterocycles. The molecule has 408 valence electrons. The van der Waals surface area contributed by atoms with Gasteiger partial charge in [-0.25, -0.2) is 0 Å². The lowest BCUT2D eigenvalue weighted by atomic mass is 9.77. The number of methoxy groups -OCH3 is 1. The summed E-state index contributed by atoms with van der Waals surface area (Å²) in [4.78, 5) is 18.6. The molecule has 2 aromatic carbocycles. The second kappa shape index (κ2) is 26.1. The highest BCUT2D eigenvalue weighted by molar-refractivity contribution is 7.80. The minimum Gasteiger partial charge on any atom is -0.489 e. The number of aliphatic hydroxyl groups excluding tert-OH is 3. The molecule has 3 aliphatic rings. The largest absolute Gasteiger partial charge is 0.489 e. The van der Waals surface area contributed by atoms with Crippen molar-refractivity contribution < 1.29 is 63.5 Å². The van der Waals surface area contributed by atoms with Gasteiger partial charge in [-0.15, -0.1) is 0 Å². The lowest BCUT2D eigenvalue weighted by molar-refractivity contribution is -0.318. The van der Waals surface area contributed by atoms with Crippen LogP contribution in [0.15, 0.2) is 54.6 Å². The molecule has 0 aliphatic carbocycles. The molecule has 3 heterocycles. The molecular weight excluding hydrogens is 945 g/mol. The molecule has 0 amide bonds. The van der Waals surface area contributed by atoms with E-state index in [1.807, 2.05) is 101 Å². The quantitative estimate of drug-likeness (QED) is 0.0692. The van der Waals surface area contributed by atoms with Crippen molar-refractivity contribution in [3.05, 3.63) is 60.2 Å². The predicted molar refractivity (Wildman–Crippen MR) is 279 cm³/mol. The SMILES string of the molecule is CC[C@H]1OC(=O)[C@H](C)[C@@H](O[C@H]2C[C@@](C)(OC)[C@@H](O)[C@H](C)O2)[C@H](C)[C@@H](O[C@@H]2O[C@H](C)C[C@H](N(C)C)[C@H]2O)[C@](C)(O)C[C@@H](C)CN(CCCNC(=S)Nc2ccc(OCc3ccccc3)cc2)[C@H](C)[C@@H](O)[C@]1(C)O. The van der Waals surface area contributed by atoms with E-state index in [9.17, 15) is 30.3 Å². The van der Waals surface area contributed by atoms with Crippen molar-refractivity contribution in [2.45, 2.75) is 198 Å². The fourth-order valence-corrected chi connectivity index (χ4v) is 11.2. The van der Waals surface area contributed by atoms with E-state index >= 15 is 0 Å². The number of nitrogens with zero attached hydrogens (tertiary/aromatic N) is 2. The molecule has 0 unspecified atom stereocenters. The third kappa shape index (κ3) is 15.3. The maximum Gasteiger partial charge on any atom is 0.311 e. The number of benzene rings is 2. The molecule has 0 radical (unpaired) electrons. The molecule has 2 aromatic rings. The zero-order chi connectivity index (χ0) is 53.3. The summed E-state index contributed by atoms with van der Waals surface area (Å²) in [6.07, 6.45) is -8.30. The first-order valence-corrected chi connectivity index (χ1v) is 26.3. The summed E-state index contributed by atoms with van der Waals surface area (Å²) in [5.74, 6) is -2.09. The number of nitrogens with one attached hydrogen (secondary N) is 2. The average Bonchev–Trinajstić information content (AvgIpc) is 3.33. The molecule has 0 bridgehead atoms. The highest BCUT2D eigenvalue weighted by atomic mass is 32.1. The summed E-state index contributed by atoms with van der Waals surface area (Å²) in [5, 5.41) is 67.1. The van der Waals surface area contributed by atoms with Crippen LogP contribution in [0.5, 0.6) is 5.75 Å². The number of rotatable bonds is 15. The highest BCUT2D eigenvalue weighted by Gasteiger charge is 2.53. The van der Waals surface area contributed by atoms with Gasteiger partial charge in [-0.3, -0.25) is 9.69 Å². The van der Waals surface area contributed by atoms with Crippen molar-refractivity contribution in [1.82, 2.24) is 15.1 Å². The Morgan fingerprint density at radius 3 is 2.21 bits per heavy atom. The van der Waals surface area contributed by atoms with E-state index in [0.29, 0.717) is 44.2 Å². The van der Waals surface area contributed by atoms with Crippen molar-refractivity contribution in [2.75, 3.05) is 46.2 Å². The number of aliphatic hydroxyl groups is 5. The van der Waals surface area contributed by atoms with Gasteiger partial charge in [0.15, 0.2) is 17.7 Å². The summed E-state index contributed by atoms with van der Waals surface area (Å²) in [6.45, 7) is 19.5. The van der Waals surface area contributed by atoms with Gasteiger partial charge in [-0.2, -0.15) is 0 Å². The first-order valence-electron chi connectivity index (χ1n) is 25.9. The van der Waals surface area contributed by atoms with Gasteiger partial charge in [0.25, 0.3) is 0 Å². The Kier molecular flexibility index (Phi) is 21.7. The number of likely N-dealkylation sites (N-methyl/N-ethyl adjacent to an activating group) is 1. The third-order valence-electron chi connectivity index (χ3n) is 15.3. The molecule has 17 nitrogen and oxygen atoms in total. The number of thiocarbonyl (C=S) groups is 1. The molecule has 7 N–H and O–H groups in total. The standard InChI is InChI=1S/C54H88N4O13S/c1-14-42-54(10,64)46(60)36(6)58(26-18-25-55-51(72)56-39-21-23-40(24-22-39)66-31-38-19-16-15-17-20-38)30-32(2)28-52(8,63)48(71-50-44(59)41(57(11)12)27-33(3)67-50)34(4)45(35(5)49(62)69-42)70-43-29-53(9,65-13)47(61)37(7)68-43/h15-17,19-24,32-37,41-48,50,59-61,63-64H,14,18,25-31H2,1-13H3,(H2,55,56,72)/t32-,33-,34+,35-,36-,37+,41+,42-,43+,44-,45+,46-,47+,48-,50+,52-,53-,54-/m1/s1. The van der Waals surface area contributed by atoms with Crippen molar-refractivity contribution >= 4 is 29.0 Å². The molecular formula is C54H88N4O13S. The molecule has 18 atom stereocenters. The van der Waals surface area contributed by atoms with Gasteiger partial charge in [0.2, 0.25) is 0 Å².